The molecule has 0 aliphatic heterocycles. The van der Waals surface area contributed by atoms with E-state index in [2.05, 4.69) is 30.7 Å². The van der Waals surface area contributed by atoms with Crippen molar-refractivity contribution in [1.82, 2.24) is 30.7 Å². The van der Waals surface area contributed by atoms with Gasteiger partial charge < -0.3 is 15.3 Å². The molecule has 1 atom stereocenters. The van der Waals surface area contributed by atoms with Crippen LogP contribution in [0, 0.1) is 6.92 Å². The van der Waals surface area contributed by atoms with Gasteiger partial charge in [-0.05, 0) is 49.2 Å². The van der Waals surface area contributed by atoms with Gasteiger partial charge in [0.1, 0.15) is 11.0 Å². The van der Waals surface area contributed by atoms with Gasteiger partial charge in [-0.2, -0.15) is 15.4 Å². The minimum atomic E-state index is -0.250. The van der Waals surface area contributed by atoms with Crippen molar-refractivity contribution >= 4 is 28.0 Å². The van der Waals surface area contributed by atoms with Crippen LogP contribution < -0.4 is 11.0 Å². The Hall–Kier alpha value is -3.42. The molecule has 4 aromatic rings. The number of hydrogen-bond donors (Lipinski definition) is 4. The van der Waals surface area contributed by atoms with Crippen molar-refractivity contribution in [1.29, 1.82) is 0 Å². The zero-order valence-corrected chi connectivity index (χ0v) is 13.7. The maximum atomic E-state index is 12.6. The van der Waals surface area contributed by atoms with E-state index in [1.54, 1.807) is 12.1 Å². The number of imidazole rings is 1. The Morgan fingerprint density at radius 2 is 1.92 bits per heavy atom. The van der Waals surface area contributed by atoms with Crippen LogP contribution in [0.5, 0.6) is 0 Å². The predicted molar refractivity (Wildman–Crippen MR) is 93.4 cm³/mol. The summed E-state index contributed by atoms with van der Waals surface area (Å²) in [6.07, 6.45) is 0. The number of carbonyl (C=O) groups excluding carboxylic acids is 1. The van der Waals surface area contributed by atoms with E-state index in [4.69, 9.17) is 0 Å². The number of aromatic nitrogens is 5. The largest absolute Gasteiger partial charge is 0.346 e. The Labute approximate surface area is 141 Å². The number of nitrogens with zero attached hydrogens (tertiary/aromatic N) is 2. The number of aromatic amines is 3. The fourth-order valence-electron chi connectivity index (χ4n) is 2.93. The van der Waals surface area contributed by atoms with Crippen LogP contribution in [0.4, 0.5) is 0 Å². The lowest BCUT2D eigenvalue weighted by Crippen LogP contribution is -2.26. The predicted octanol–water partition coefficient (Wildman–Crippen LogP) is 1.93. The first kappa shape index (κ1) is 15.1. The molecule has 126 valence electrons. The van der Waals surface area contributed by atoms with Gasteiger partial charge in [0.05, 0.1) is 17.1 Å². The second kappa shape index (κ2) is 5.59. The maximum Gasteiger partial charge on any atom is 0.323 e. The Kier molecular flexibility index (Phi) is 3.38. The number of carbonyl (C=O) groups is 1. The number of amides is 1. The van der Waals surface area contributed by atoms with E-state index in [0.29, 0.717) is 16.6 Å². The number of rotatable bonds is 3. The van der Waals surface area contributed by atoms with Crippen molar-refractivity contribution in [3.8, 4) is 0 Å². The van der Waals surface area contributed by atoms with Crippen molar-refractivity contribution in [3.05, 3.63) is 57.5 Å². The van der Waals surface area contributed by atoms with E-state index in [-0.39, 0.29) is 17.6 Å². The Bertz CT molecular complexity index is 1150. The van der Waals surface area contributed by atoms with Crippen molar-refractivity contribution < 1.29 is 4.79 Å². The highest BCUT2D eigenvalue weighted by atomic mass is 16.2. The summed E-state index contributed by atoms with van der Waals surface area (Å²) in [5.74, 6) is -0.192. The molecule has 0 saturated heterocycles. The van der Waals surface area contributed by atoms with E-state index in [1.807, 2.05) is 32.0 Å². The third-order valence-corrected chi connectivity index (χ3v) is 4.26. The third-order valence-electron chi connectivity index (χ3n) is 4.26. The van der Waals surface area contributed by atoms with E-state index in [0.717, 1.165) is 22.2 Å². The number of hydrogen-bond acceptors (Lipinski definition) is 4. The summed E-state index contributed by atoms with van der Waals surface area (Å²) in [5, 5.41) is 13.6. The van der Waals surface area contributed by atoms with Crippen molar-refractivity contribution in [2.45, 2.75) is 19.9 Å². The van der Waals surface area contributed by atoms with Crippen LogP contribution in [-0.2, 0) is 0 Å². The van der Waals surface area contributed by atoms with Crippen LogP contribution in [0.15, 0.2) is 35.1 Å². The summed E-state index contributed by atoms with van der Waals surface area (Å²) < 4.78 is 0. The van der Waals surface area contributed by atoms with E-state index in [9.17, 15) is 9.59 Å². The summed E-state index contributed by atoms with van der Waals surface area (Å²) in [4.78, 5) is 29.4. The van der Waals surface area contributed by atoms with Crippen LogP contribution in [-0.4, -0.2) is 31.3 Å². The van der Waals surface area contributed by atoms with Crippen LogP contribution in [0.25, 0.3) is 22.1 Å². The minimum absolute atomic E-state index is 0.192. The summed E-state index contributed by atoms with van der Waals surface area (Å²) >= 11 is 0. The zero-order chi connectivity index (χ0) is 17.6. The van der Waals surface area contributed by atoms with Crippen LogP contribution in [0.2, 0.25) is 0 Å². The standard InChI is InChI=1S/C17H16N6O2/c1-8-5-11(7-14-15(8)22-23-21-14)16(24)18-9(2)10-3-4-12-13(6-10)20-17(25)19-12/h3-7,9H,1-2H3,(H,18,24)(H2,19,20,25)(H,21,22,23). The first-order valence-corrected chi connectivity index (χ1v) is 7.85. The maximum absolute atomic E-state index is 12.6. The Balaban J connectivity index is 1.60. The smallest absolute Gasteiger partial charge is 0.323 e. The SMILES string of the molecule is Cc1cc(C(=O)NC(C)c2ccc3[nH]c(=O)[nH]c3c2)cc2n[nH]nc12. The molecule has 0 aliphatic carbocycles. The molecule has 8 nitrogen and oxygen atoms in total. The first-order chi connectivity index (χ1) is 12.0. The highest BCUT2D eigenvalue weighted by Gasteiger charge is 2.15. The van der Waals surface area contributed by atoms with Gasteiger partial charge in [-0.1, -0.05) is 6.07 Å². The molecule has 0 radical (unpaired) electrons. The fraction of sp³-hybridized carbons (Fsp3) is 0.176. The van der Waals surface area contributed by atoms with Gasteiger partial charge in [-0.3, -0.25) is 4.79 Å². The number of H-pyrrole nitrogens is 3. The van der Waals surface area contributed by atoms with Gasteiger partial charge in [0.2, 0.25) is 0 Å². The fourth-order valence-corrected chi connectivity index (χ4v) is 2.93. The van der Waals surface area contributed by atoms with E-state index < -0.39 is 0 Å². The molecule has 1 amide bonds. The van der Waals surface area contributed by atoms with Crippen LogP contribution in [0.1, 0.15) is 34.5 Å². The van der Waals surface area contributed by atoms with Crippen molar-refractivity contribution in [3.63, 3.8) is 0 Å². The number of fused-ring (bicyclic) bond motifs is 2. The molecule has 8 heteroatoms. The van der Waals surface area contributed by atoms with Gasteiger partial charge >= 0.3 is 5.69 Å². The summed E-state index contributed by atoms with van der Waals surface area (Å²) in [6, 6.07) is 8.83. The average Bonchev–Trinajstić information content (AvgIpc) is 3.19. The Morgan fingerprint density at radius 1 is 1.12 bits per heavy atom. The molecule has 25 heavy (non-hydrogen) atoms. The lowest BCUT2D eigenvalue weighted by atomic mass is 10.1. The lowest BCUT2D eigenvalue weighted by Gasteiger charge is -2.15. The van der Waals surface area contributed by atoms with Gasteiger partial charge in [0.25, 0.3) is 5.91 Å². The third kappa shape index (κ3) is 2.67. The molecule has 0 spiro atoms. The molecule has 0 bridgehead atoms. The molecule has 2 heterocycles. The monoisotopic (exact) mass is 336 g/mol. The summed E-state index contributed by atoms with van der Waals surface area (Å²) in [5.41, 5.74) is 4.92. The highest BCUT2D eigenvalue weighted by molar-refractivity contribution is 5.98. The normalized spacial score (nSPS) is 12.6. The first-order valence-electron chi connectivity index (χ1n) is 7.85. The summed E-state index contributed by atoms with van der Waals surface area (Å²) in [7, 11) is 0. The molecule has 4 N–H and O–H groups in total. The lowest BCUT2D eigenvalue weighted by molar-refractivity contribution is 0.0940. The topological polar surface area (TPSA) is 119 Å². The average molecular weight is 336 g/mol. The van der Waals surface area contributed by atoms with E-state index in [1.165, 1.54) is 0 Å². The molecular weight excluding hydrogens is 320 g/mol. The minimum Gasteiger partial charge on any atom is -0.346 e. The number of benzene rings is 2. The molecule has 2 aromatic heterocycles. The van der Waals surface area contributed by atoms with Gasteiger partial charge in [-0.15, -0.1) is 0 Å². The second-order valence-electron chi connectivity index (χ2n) is 6.06. The van der Waals surface area contributed by atoms with E-state index >= 15 is 0 Å². The van der Waals surface area contributed by atoms with Gasteiger partial charge in [0, 0.05) is 5.56 Å². The van der Waals surface area contributed by atoms with Crippen LogP contribution >= 0.6 is 0 Å². The van der Waals surface area contributed by atoms with Crippen molar-refractivity contribution in [2.75, 3.05) is 0 Å². The van der Waals surface area contributed by atoms with Crippen LogP contribution in [0.3, 0.4) is 0 Å². The second-order valence-corrected chi connectivity index (χ2v) is 6.06. The van der Waals surface area contributed by atoms with Gasteiger partial charge in [-0.25, -0.2) is 4.79 Å². The summed E-state index contributed by atoms with van der Waals surface area (Å²) in [6.45, 7) is 3.78. The Morgan fingerprint density at radius 3 is 2.76 bits per heavy atom. The zero-order valence-electron chi connectivity index (χ0n) is 13.7. The molecule has 0 saturated carbocycles. The molecule has 4 rings (SSSR count). The highest BCUT2D eigenvalue weighted by Crippen LogP contribution is 2.19. The molecular formula is C17H16N6O2. The van der Waals surface area contributed by atoms with Crippen molar-refractivity contribution in [2.24, 2.45) is 0 Å². The molecule has 0 aliphatic rings. The quantitative estimate of drug-likeness (QED) is 0.457. The molecule has 0 fully saturated rings. The number of aryl methyl sites for hydroxylation is 1. The number of nitrogens with one attached hydrogen (secondary N) is 4. The molecule has 1 unspecified atom stereocenters. The van der Waals surface area contributed by atoms with Gasteiger partial charge in [0.15, 0.2) is 0 Å². The molecule has 2 aromatic carbocycles.